The number of hydrogen-bond acceptors (Lipinski definition) is 7. The van der Waals surface area contributed by atoms with E-state index in [0.29, 0.717) is 22.0 Å². The van der Waals surface area contributed by atoms with Gasteiger partial charge in [-0.25, -0.2) is 4.79 Å². The standard InChI is InChI=1S/C29H34N6O4S/c1-16-14-18(39-22-8-4-3-7-19(22)26(30)36)9-10-20(16)35-21-11-12-31-28-23(21)24(33-29(35)38)25(40-28)27(37)32-17-6-5-13-34(2)15-17/h3-4,7-10,14,17,21,23,28,31H,5-6,11-13,15H2,1-2H3,(H2,30,36)(H,32,37)(H,33,38)/t17-,21?,23?,28?/m1/s1. The largest absolute Gasteiger partial charge is 0.457 e. The smallest absolute Gasteiger partial charge is 0.326 e. The Balaban J connectivity index is 1.24. The lowest BCUT2D eigenvalue weighted by Crippen LogP contribution is -2.62. The molecule has 4 amide bonds. The molecule has 10 nitrogen and oxygen atoms in total. The first-order chi connectivity index (χ1) is 19.3. The van der Waals surface area contributed by atoms with Crippen molar-refractivity contribution >= 4 is 35.3 Å². The molecule has 0 aliphatic carbocycles. The van der Waals surface area contributed by atoms with Gasteiger partial charge in [-0.3, -0.25) is 14.5 Å². The number of benzene rings is 2. The third kappa shape index (κ3) is 4.93. The summed E-state index contributed by atoms with van der Waals surface area (Å²) in [5, 5.41) is 9.87. The van der Waals surface area contributed by atoms with E-state index in [4.69, 9.17) is 10.5 Å². The number of amides is 4. The molecule has 3 unspecified atom stereocenters. The van der Waals surface area contributed by atoms with E-state index in [-0.39, 0.29) is 35.3 Å². The van der Waals surface area contributed by atoms with Crippen LogP contribution in [0.3, 0.4) is 0 Å². The molecule has 6 rings (SSSR count). The Hall–Kier alpha value is -3.54. The second-order valence-electron chi connectivity index (χ2n) is 10.9. The predicted octanol–water partition coefficient (Wildman–Crippen LogP) is 2.89. The summed E-state index contributed by atoms with van der Waals surface area (Å²) in [6, 6.07) is 12.1. The van der Waals surface area contributed by atoms with Gasteiger partial charge in [-0.1, -0.05) is 23.9 Å². The van der Waals surface area contributed by atoms with Crippen molar-refractivity contribution in [1.82, 2.24) is 20.9 Å². The number of likely N-dealkylation sites (tertiary alicyclic amines) is 1. The van der Waals surface area contributed by atoms with Crippen molar-refractivity contribution in [3.63, 3.8) is 0 Å². The first-order valence-corrected chi connectivity index (χ1v) is 14.6. The molecule has 3 fully saturated rings. The summed E-state index contributed by atoms with van der Waals surface area (Å²) in [6.45, 7) is 4.56. The highest BCUT2D eigenvalue weighted by atomic mass is 32.2. The van der Waals surface area contributed by atoms with Gasteiger partial charge in [0.05, 0.1) is 21.9 Å². The highest BCUT2D eigenvalue weighted by Gasteiger charge is 2.52. The maximum atomic E-state index is 13.6. The molecule has 4 heterocycles. The fraction of sp³-hybridized carbons (Fsp3) is 0.414. The Bertz CT molecular complexity index is 1400. The van der Waals surface area contributed by atoms with Gasteiger partial charge in [-0.15, -0.1) is 0 Å². The molecule has 5 N–H and O–H groups in total. The minimum atomic E-state index is -0.563. The number of carbonyl (C=O) groups is 3. The van der Waals surface area contributed by atoms with Crippen LogP contribution < -0.4 is 31.3 Å². The second kappa shape index (κ2) is 10.8. The van der Waals surface area contributed by atoms with Crippen LogP contribution in [-0.4, -0.2) is 66.9 Å². The highest BCUT2D eigenvalue weighted by molar-refractivity contribution is 8.04. The Kier molecular flexibility index (Phi) is 7.20. The summed E-state index contributed by atoms with van der Waals surface area (Å²) < 4.78 is 5.99. The van der Waals surface area contributed by atoms with Crippen LogP contribution in [0, 0.1) is 12.8 Å². The van der Waals surface area contributed by atoms with E-state index >= 15 is 0 Å². The van der Waals surface area contributed by atoms with Gasteiger partial charge in [0.15, 0.2) is 0 Å². The number of piperidine rings is 2. The average Bonchev–Trinajstić information content (AvgIpc) is 3.29. The Morgan fingerprint density at radius 1 is 1.18 bits per heavy atom. The van der Waals surface area contributed by atoms with E-state index in [0.717, 1.165) is 55.8 Å². The maximum absolute atomic E-state index is 13.6. The molecule has 11 heteroatoms. The van der Waals surface area contributed by atoms with E-state index < -0.39 is 5.91 Å². The fourth-order valence-electron chi connectivity index (χ4n) is 6.29. The van der Waals surface area contributed by atoms with Crippen molar-refractivity contribution in [1.29, 1.82) is 0 Å². The SMILES string of the molecule is Cc1cc(Oc2ccccc2C(N)=O)ccc1N1C(=O)NC2=C(C(=O)N[C@@H]3CCCN(C)C3)SC3NCCC1C23. The van der Waals surface area contributed by atoms with E-state index in [2.05, 4.69) is 27.9 Å². The lowest BCUT2D eigenvalue weighted by atomic mass is 9.86. The van der Waals surface area contributed by atoms with Crippen LogP contribution in [0.4, 0.5) is 10.5 Å². The minimum absolute atomic E-state index is 0.0137. The number of rotatable bonds is 6. The second-order valence-corrected chi connectivity index (χ2v) is 12.1. The number of anilines is 1. The summed E-state index contributed by atoms with van der Waals surface area (Å²) in [7, 11) is 2.07. The summed E-state index contributed by atoms with van der Waals surface area (Å²) in [5.74, 6) is 0.233. The molecular formula is C29H34N6O4S. The van der Waals surface area contributed by atoms with Gasteiger partial charge in [0.1, 0.15) is 11.5 Å². The molecule has 0 radical (unpaired) electrons. The van der Waals surface area contributed by atoms with Gasteiger partial charge in [-0.05, 0) is 82.2 Å². The van der Waals surface area contributed by atoms with Crippen molar-refractivity contribution in [3.05, 3.63) is 64.2 Å². The molecule has 0 bridgehead atoms. The zero-order valence-electron chi connectivity index (χ0n) is 22.6. The van der Waals surface area contributed by atoms with Crippen molar-refractivity contribution in [3.8, 4) is 11.5 Å². The number of ether oxygens (including phenoxy) is 1. The molecule has 4 aliphatic heterocycles. The van der Waals surface area contributed by atoms with E-state index in [1.165, 1.54) is 11.8 Å². The predicted molar refractivity (Wildman–Crippen MR) is 154 cm³/mol. The number of hydrogen-bond donors (Lipinski definition) is 4. The molecule has 4 atom stereocenters. The van der Waals surface area contributed by atoms with Gasteiger partial charge in [0.2, 0.25) is 0 Å². The van der Waals surface area contributed by atoms with E-state index in [9.17, 15) is 14.4 Å². The van der Waals surface area contributed by atoms with Gasteiger partial charge in [0, 0.05) is 29.9 Å². The highest BCUT2D eigenvalue weighted by Crippen LogP contribution is 2.48. The van der Waals surface area contributed by atoms with Crippen molar-refractivity contribution < 1.29 is 19.1 Å². The maximum Gasteiger partial charge on any atom is 0.326 e. The molecule has 0 saturated carbocycles. The first-order valence-electron chi connectivity index (χ1n) is 13.7. The molecule has 3 saturated heterocycles. The zero-order valence-corrected chi connectivity index (χ0v) is 23.4. The number of primary amides is 1. The Morgan fingerprint density at radius 3 is 2.77 bits per heavy atom. The summed E-state index contributed by atoms with van der Waals surface area (Å²) in [4.78, 5) is 43.5. The first kappa shape index (κ1) is 26.7. The van der Waals surface area contributed by atoms with Gasteiger partial charge < -0.3 is 31.3 Å². The number of carbonyl (C=O) groups excluding carboxylic acids is 3. The summed E-state index contributed by atoms with van der Waals surface area (Å²) >= 11 is 1.52. The van der Waals surface area contributed by atoms with E-state index in [1.54, 1.807) is 30.3 Å². The molecular weight excluding hydrogens is 528 g/mol. The van der Waals surface area contributed by atoms with Crippen molar-refractivity contribution in [2.45, 2.75) is 43.6 Å². The average molecular weight is 563 g/mol. The quantitative estimate of drug-likeness (QED) is 0.426. The number of aryl methyl sites for hydroxylation is 1. The van der Waals surface area contributed by atoms with E-state index in [1.807, 2.05) is 24.0 Å². The van der Waals surface area contributed by atoms with Gasteiger partial charge in [-0.2, -0.15) is 0 Å². The molecule has 2 aromatic carbocycles. The van der Waals surface area contributed by atoms with Crippen LogP contribution in [0.5, 0.6) is 11.5 Å². The third-order valence-corrected chi connectivity index (χ3v) is 9.47. The topological polar surface area (TPSA) is 129 Å². The Morgan fingerprint density at radius 2 is 2.00 bits per heavy atom. The van der Waals surface area contributed by atoms with Gasteiger partial charge >= 0.3 is 6.03 Å². The zero-order chi connectivity index (χ0) is 28.0. The number of urea groups is 1. The van der Waals surface area contributed by atoms with Crippen LogP contribution >= 0.6 is 11.8 Å². The van der Waals surface area contributed by atoms with Crippen molar-refractivity contribution in [2.75, 3.05) is 31.6 Å². The number of likely N-dealkylation sites (N-methyl/N-ethyl adjacent to an activating group) is 1. The van der Waals surface area contributed by atoms with Crippen LogP contribution in [-0.2, 0) is 4.79 Å². The molecule has 2 aromatic rings. The Labute approximate surface area is 237 Å². The lowest BCUT2D eigenvalue weighted by Gasteiger charge is -2.46. The number of thioether (sulfide) groups is 1. The fourth-order valence-corrected chi connectivity index (χ4v) is 7.68. The molecule has 40 heavy (non-hydrogen) atoms. The summed E-state index contributed by atoms with van der Waals surface area (Å²) in [6.07, 6.45) is 2.79. The summed E-state index contributed by atoms with van der Waals surface area (Å²) in [5.41, 5.74) is 8.17. The van der Waals surface area contributed by atoms with Crippen molar-refractivity contribution in [2.24, 2.45) is 11.7 Å². The minimum Gasteiger partial charge on any atom is -0.457 e. The monoisotopic (exact) mass is 562 g/mol. The number of para-hydroxylation sites is 1. The van der Waals surface area contributed by atoms with Crippen LogP contribution in [0.25, 0.3) is 0 Å². The molecule has 4 aliphatic rings. The molecule has 0 spiro atoms. The third-order valence-electron chi connectivity index (χ3n) is 8.12. The number of nitrogens with two attached hydrogens (primary N) is 1. The van der Waals surface area contributed by atoms with Crippen LogP contribution in [0.2, 0.25) is 0 Å². The van der Waals surface area contributed by atoms with Gasteiger partial charge in [0.25, 0.3) is 11.8 Å². The van der Waals surface area contributed by atoms with Crippen LogP contribution in [0.1, 0.15) is 35.2 Å². The van der Waals surface area contributed by atoms with Crippen LogP contribution in [0.15, 0.2) is 53.1 Å². The number of nitrogens with one attached hydrogen (secondary N) is 3. The normalized spacial score (nSPS) is 26.2. The lowest BCUT2D eigenvalue weighted by molar-refractivity contribution is -0.117. The molecule has 0 aromatic heterocycles. The molecule has 210 valence electrons. The number of nitrogens with zero attached hydrogens (tertiary/aromatic N) is 2.